The molecule has 2 heterocycles. The lowest BCUT2D eigenvalue weighted by Gasteiger charge is -2.32. The van der Waals surface area contributed by atoms with Gasteiger partial charge in [0.05, 0.1) is 23.4 Å². The van der Waals surface area contributed by atoms with E-state index in [2.05, 4.69) is 10.4 Å². The van der Waals surface area contributed by atoms with Crippen LogP contribution in [-0.4, -0.2) is 34.0 Å². The van der Waals surface area contributed by atoms with Crippen LogP contribution >= 0.6 is 13.5 Å². The number of carbonyl (C=O) groups is 3. The minimum absolute atomic E-state index is 0. The summed E-state index contributed by atoms with van der Waals surface area (Å²) >= 11 is 0. The van der Waals surface area contributed by atoms with Crippen LogP contribution < -0.4 is 10.2 Å². The van der Waals surface area contributed by atoms with E-state index in [9.17, 15) is 27.6 Å². The Morgan fingerprint density at radius 1 is 1.16 bits per heavy atom. The van der Waals surface area contributed by atoms with Crippen molar-refractivity contribution in [1.29, 1.82) is 0 Å². The fourth-order valence-electron chi connectivity index (χ4n) is 3.63. The van der Waals surface area contributed by atoms with Gasteiger partial charge in [0.2, 0.25) is 5.91 Å². The molecule has 0 saturated heterocycles. The van der Waals surface area contributed by atoms with E-state index >= 15 is 0 Å². The molecule has 4 rings (SSSR count). The molecule has 1 aromatic carbocycles. The maximum Gasteiger partial charge on any atom is 0.416 e. The molecule has 1 aromatic heterocycles. The van der Waals surface area contributed by atoms with Gasteiger partial charge in [-0.25, -0.2) is 0 Å². The van der Waals surface area contributed by atoms with Gasteiger partial charge in [-0.05, 0) is 44.0 Å². The van der Waals surface area contributed by atoms with Crippen LogP contribution in [0.1, 0.15) is 58.6 Å². The van der Waals surface area contributed by atoms with Crippen LogP contribution in [0.4, 0.5) is 18.9 Å². The first-order valence-corrected chi connectivity index (χ1v) is 9.58. The van der Waals surface area contributed by atoms with Crippen molar-refractivity contribution in [2.75, 3.05) is 11.4 Å². The van der Waals surface area contributed by atoms with Crippen molar-refractivity contribution in [3.8, 4) is 0 Å². The molecular formula is C20H21F3N4O3S. The van der Waals surface area contributed by atoms with E-state index < -0.39 is 23.6 Å². The lowest BCUT2D eigenvalue weighted by Crippen LogP contribution is -2.44. The van der Waals surface area contributed by atoms with Gasteiger partial charge in [-0.15, -0.1) is 0 Å². The number of imide groups is 1. The van der Waals surface area contributed by atoms with Crippen molar-refractivity contribution in [2.45, 2.75) is 38.4 Å². The number of nitrogens with one attached hydrogen (secondary N) is 1. The third-order valence-corrected chi connectivity index (χ3v) is 5.57. The van der Waals surface area contributed by atoms with Crippen LogP contribution in [0.3, 0.4) is 0 Å². The first-order valence-electron chi connectivity index (χ1n) is 9.58. The zero-order valence-electron chi connectivity index (χ0n) is 16.6. The summed E-state index contributed by atoms with van der Waals surface area (Å²) in [6.07, 6.45) is -0.850. The summed E-state index contributed by atoms with van der Waals surface area (Å²) in [6.45, 7) is 1.96. The second kappa shape index (κ2) is 8.37. The Morgan fingerprint density at radius 2 is 1.81 bits per heavy atom. The summed E-state index contributed by atoms with van der Waals surface area (Å²) in [6, 6.07) is 3.94. The lowest BCUT2D eigenvalue weighted by atomic mass is 9.85. The average molecular weight is 454 g/mol. The number of benzene rings is 1. The molecule has 0 unspecified atom stereocenters. The molecule has 2 aromatic rings. The highest BCUT2D eigenvalue weighted by Crippen LogP contribution is 2.33. The van der Waals surface area contributed by atoms with Gasteiger partial charge in [0, 0.05) is 18.2 Å². The van der Waals surface area contributed by atoms with Gasteiger partial charge in [-0.1, -0.05) is 6.42 Å². The predicted octanol–water partition coefficient (Wildman–Crippen LogP) is 3.29. The van der Waals surface area contributed by atoms with Crippen LogP contribution in [0.25, 0.3) is 0 Å². The monoisotopic (exact) mass is 454 g/mol. The highest BCUT2D eigenvalue weighted by Gasteiger charge is 2.37. The lowest BCUT2D eigenvalue weighted by molar-refractivity contribution is -0.137. The van der Waals surface area contributed by atoms with E-state index in [1.807, 2.05) is 0 Å². The second-order valence-corrected chi connectivity index (χ2v) is 7.61. The van der Waals surface area contributed by atoms with E-state index in [4.69, 9.17) is 0 Å². The molecule has 2 aliphatic rings. The molecule has 1 saturated carbocycles. The Labute approximate surface area is 183 Å². The highest BCUT2D eigenvalue weighted by atomic mass is 32.1. The van der Waals surface area contributed by atoms with Gasteiger partial charge < -0.3 is 4.90 Å². The van der Waals surface area contributed by atoms with Crippen LogP contribution in [0, 0.1) is 5.92 Å². The largest absolute Gasteiger partial charge is 0.416 e. The van der Waals surface area contributed by atoms with E-state index in [1.165, 1.54) is 27.9 Å². The Bertz CT molecular complexity index is 1020. The van der Waals surface area contributed by atoms with Crippen molar-refractivity contribution < 1.29 is 27.6 Å². The Morgan fingerprint density at radius 3 is 2.35 bits per heavy atom. The minimum Gasteiger partial charge on any atom is -0.305 e. The number of carbonyl (C=O) groups excluding carboxylic acids is 3. The molecular weight excluding hydrogens is 433 g/mol. The SMILES string of the molecule is C[C@H]1CN(c2ccc(C(F)(F)F)cc2)C(=O)c2c(C(=O)NC(=O)C3CCC3)cnn21.S. The molecule has 0 radical (unpaired) electrons. The molecule has 1 atom stereocenters. The quantitative estimate of drug-likeness (QED) is 0.722. The van der Waals surface area contributed by atoms with Crippen LogP contribution in [0.5, 0.6) is 0 Å². The summed E-state index contributed by atoms with van der Waals surface area (Å²) in [5, 5.41) is 6.44. The van der Waals surface area contributed by atoms with Gasteiger partial charge in [0.15, 0.2) is 0 Å². The van der Waals surface area contributed by atoms with Crippen LogP contribution in [0.15, 0.2) is 30.5 Å². The molecule has 166 valence electrons. The highest BCUT2D eigenvalue weighted by molar-refractivity contribution is 7.59. The van der Waals surface area contributed by atoms with Crippen molar-refractivity contribution in [1.82, 2.24) is 15.1 Å². The summed E-state index contributed by atoms with van der Waals surface area (Å²) in [5.74, 6) is -1.84. The van der Waals surface area contributed by atoms with E-state index in [0.29, 0.717) is 0 Å². The molecule has 7 nitrogen and oxygen atoms in total. The van der Waals surface area contributed by atoms with Gasteiger partial charge in [0.1, 0.15) is 5.69 Å². The van der Waals surface area contributed by atoms with Crippen LogP contribution in [0.2, 0.25) is 0 Å². The Hall–Kier alpha value is -2.82. The number of amides is 3. The number of hydrogen-bond acceptors (Lipinski definition) is 4. The molecule has 0 bridgehead atoms. The Kier molecular flexibility index (Phi) is 6.17. The van der Waals surface area contributed by atoms with Gasteiger partial charge in [0.25, 0.3) is 11.8 Å². The van der Waals surface area contributed by atoms with Crippen molar-refractivity contribution in [3.63, 3.8) is 0 Å². The first-order chi connectivity index (χ1) is 14.2. The first kappa shape index (κ1) is 22.9. The Balaban J connectivity index is 0.00000272. The second-order valence-electron chi connectivity index (χ2n) is 7.61. The predicted molar refractivity (Wildman–Crippen MR) is 110 cm³/mol. The number of hydrogen-bond donors (Lipinski definition) is 1. The maximum atomic E-state index is 13.1. The summed E-state index contributed by atoms with van der Waals surface area (Å²) in [4.78, 5) is 39.1. The molecule has 1 aliphatic heterocycles. The van der Waals surface area contributed by atoms with Gasteiger partial charge >= 0.3 is 6.18 Å². The van der Waals surface area contributed by atoms with Crippen molar-refractivity contribution >= 4 is 36.9 Å². The number of rotatable bonds is 3. The van der Waals surface area contributed by atoms with E-state index in [-0.39, 0.29) is 54.9 Å². The number of fused-ring (bicyclic) bond motifs is 1. The number of nitrogens with zero attached hydrogens (tertiary/aromatic N) is 3. The fourth-order valence-corrected chi connectivity index (χ4v) is 3.63. The molecule has 3 amide bonds. The molecule has 1 N–H and O–H groups in total. The zero-order valence-corrected chi connectivity index (χ0v) is 17.6. The summed E-state index contributed by atoms with van der Waals surface area (Å²) < 4.78 is 39.9. The molecule has 0 spiro atoms. The smallest absolute Gasteiger partial charge is 0.305 e. The topological polar surface area (TPSA) is 84.3 Å². The number of alkyl halides is 3. The molecule has 31 heavy (non-hydrogen) atoms. The molecule has 11 heteroatoms. The normalized spacial score (nSPS) is 18.6. The van der Waals surface area contributed by atoms with Gasteiger partial charge in [-0.2, -0.15) is 31.8 Å². The summed E-state index contributed by atoms with van der Waals surface area (Å²) in [7, 11) is 0. The van der Waals surface area contributed by atoms with E-state index in [0.717, 1.165) is 31.4 Å². The number of aromatic nitrogens is 2. The molecule has 1 aliphatic carbocycles. The van der Waals surface area contributed by atoms with Gasteiger partial charge in [-0.3, -0.25) is 24.4 Å². The van der Waals surface area contributed by atoms with Crippen molar-refractivity contribution in [2.24, 2.45) is 5.92 Å². The van der Waals surface area contributed by atoms with E-state index in [1.54, 1.807) is 6.92 Å². The average Bonchev–Trinajstić information content (AvgIpc) is 3.09. The number of anilines is 1. The number of halogens is 3. The molecule has 1 fully saturated rings. The minimum atomic E-state index is -4.48. The van der Waals surface area contributed by atoms with Crippen LogP contribution in [-0.2, 0) is 11.0 Å². The summed E-state index contributed by atoms with van der Waals surface area (Å²) in [5.41, 5.74) is -0.559. The zero-order chi connectivity index (χ0) is 21.6. The third kappa shape index (κ3) is 4.18. The maximum absolute atomic E-state index is 13.1. The fraction of sp³-hybridized carbons (Fsp3) is 0.400. The van der Waals surface area contributed by atoms with Crippen molar-refractivity contribution in [3.05, 3.63) is 47.3 Å². The standard InChI is InChI=1S/C20H19F3N4O3.H2S/c1-11-10-26(14-7-5-13(6-8-14)20(21,22)23)19(30)16-15(9-24-27(11)16)18(29)25-17(28)12-3-2-4-12;/h5-9,11-12H,2-4,10H2,1H3,(H,25,28,29);1H2/t11-;/m0./s1. The third-order valence-electron chi connectivity index (χ3n) is 5.57.